The van der Waals surface area contributed by atoms with Gasteiger partial charge in [-0.25, -0.2) is 4.79 Å². The Hall–Kier alpha value is -2.15. The minimum Gasteiger partial charge on any atom is -0.480 e. The molecule has 2 amide bonds. The average molecular weight is 320 g/mol. The molecule has 0 saturated heterocycles. The molecular formula is C16H24N4O3. The van der Waals surface area contributed by atoms with Crippen molar-refractivity contribution < 1.29 is 14.7 Å². The molecule has 0 atom stereocenters. The fourth-order valence-corrected chi connectivity index (χ4v) is 2.84. The van der Waals surface area contributed by atoms with E-state index < -0.39 is 5.97 Å². The molecule has 126 valence electrons. The van der Waals surface area contributed by atoms with Gasteiger partial charge in [-0.15, -0.1) is 0 Å². The molecule has 1 aliphatic rings. The number of likely N-dealkylation sites (N-methyl/N-ethyl adjacent to an activating group) is 1. The third-order valence-electron chi connectivity index (χ3n) is 4.18. The van der Waals surface area contributed by atoms with Gasteiger partial charge >= 0.3 is 12.0 Å². The number of rotatable bonds is 6. The molecule has 3 N–H and O–H groups in total. The zero-order chi connectivity index (χ0) is 17.0. The van der Waals surface area contributed by atoms with Gasteiger partial charge in [-0.3, -0.25) is 14.7 Å². The molecule has 1 aromatic rings. The van der Waals surface area contributed by atoms with Gasteiger partial charge in [-0.1, -0.05) is 6.92 Å². The van der Waals surface area contributed by atoms with E-state index in [1.807, 2.05) is 37.8 Å². The Labute approximate surface area is 136 Å². The van der Waals surface area contributed by atoms with Crippen molar-refractivity contribution in [3.8, 4) is 0 Å². The second kappa shape index (κ2) is 7.41. The number of amides is 2. The molecule has 0 aromatic carbocycles. The summed E-state index contributed by atoms with van der Waals surface area (Å²) < 4.78 is 0. The van der Waals surface area contributed by atoms with E-state index in [-0.39, 0.29) is 24.7 Å². The fourth-order valence-electron chi connectivity index (χ4n) is 2.84. The molecule has 23 heavy (non-hydrogen) atoms. The van der Waals surface area contributed by atoms with Crippen LogP contribution >= 0.6 is 0 Å². The van der Waals surface area contributed by atoms with Crippen LogP contribution in [0.4, 0.5) is 10.5 Å². The normalized spacial score (nSPS) is 20.0. The third kappa shape index (κ3) is 4.66. The maximum atomic E-state index is 12.0. The number of carboxylic acid groups (broad SMARTS) is 1. The van der Waals surface area contributed by atoms with Crippen LogP contribution in [0.1, 0.15) is 31.2 Å². The molecule has 7 heteroatoms. The number of aliphatic carboxylic acids is 1. The predicted molar refractivity (Wildman–Crippen MR) is 87.6 cm³/mol. The Morgan fingerprint density at radius 1 is 1.35 bits per heavy atom. The predicted octanol–water partition coefficient (Wildman–Crippen LogP) is 1.76. The lowest BCUT2D eigenvalue weighted by Gasteiger charge is -2.42. The summed E-state index contributed by atoms with van der Waals surface area (Å²) in [5.41, 5.74) is 2.39. The lowest BCUT2D eigenvalue weighted by atomic mass is 9.85. The molecule has 2 rings (SSSR count). The Bertz CT molecular complexity index is 585. The van der Waals surface area contributed by atoms with Crippen molar-refractivity contribution in [1.29, 1.82) is 0 Å². The third-order valence-corrected chi connectivity index (χ3v) is 4.18. The van der Waals surface area contributed by atoms with Crippen molar-refractivity contribution in [2.45, 2.75) is 45.7 Å². The summed E-state index contributed by atoms with van der Waals surface area (Å²) in [5.74, 6) is -0.816. The fraction of sp³-hybridized carbons (Fsp3) is 0.562. The van der Waals surface area contributed by atoms with Crippen LogP contribution in [-0.2, 0) is 4.79 Å². The minimum atomic E-state index is -0.816. The van der Waals surface area contributed by atoms with Gasteiger partial charge < -0.3 is 15.7 Å². The number of aryl methyl sites for hydroxylation is 2. The number of hydrogen-bond donors (Lipinski definition) is 3. The van der Waals surface area contributed by atoms with Crippen LogP contribution < -0.4 is 10.6 Å². The summed E-state index contributed by atoms with van der Waals surface area (Å²) in [7, 11) is 0. The Morgan fingerprint density at radius 3 is 2.61 bits per heavy atom. The monoisotopic (exact) mass is 320 g/mol. The topological polar surface area (TPSA) is 94.6 Å². The van der Waals surface area contributed by atoms with Gasteiger partial charge in [-0.2, -0.15) is 0 Å². The molecule has 0 unspecified atom stereocenters. The van der Waals surface area contributed by atoms with Crippen molar-refractivity contribution in [1.82, 2.24) is 15.2 Å². The molecule has 0 bridgehead atoms. The van der Waals surface area contributed by atoms with E-state index in [0.717, 1.165) is 24.2 Å². The number of aromatic nitrogens is 1. The average Bonchev–Trinajstić information content (AvgIpc) is 2.43. The highest BCUT2D eigenvalue weighted by atomic mass is 16.4. The van der Waals surface area contributed by atoms with Gasteiger partial charge in [0.2, 0.25) is 0 Å². The van der Waals surface area contributed by atoms with E-state index in [9.17, 15) is 9.59 Å². The highest BCUT2D eigenvalue weighted by Crippen LogP contribution is 2.25. The standard InChI is InChI=1S/C16H24N4O3/c1-4-20(9-15(21)22)13-7-12(8-13)18-16(23)19-14-6-5-10(2)17-11(14)3/h5-6,12-13H,4,7-9H2,1-3H3,(H,21,22)(H2,18,19,23). The first-order valence-corrected chi connectivity index (χ1v) is 7.86. The Morgan fingerprint density at radius 2 is 2.04 bits per heavy atom. The molecule has 0 spiro atoms. The molecular weight excluding hydrogens is 296 g/mol. The number of carbonyl (C=O) groups is 2. The summed E-state index contributed by atoms with van der Waals surface area (Å²) in [4.78, 5) is 29.1. The highest BCUT2D eigenvalue weighted by molar-refractivity contribution is 5.90. The summed E-state index contributed by atoms with van der Waals surface area (Å²) >= 11 is 0. The van der Waals surface area contributed by atoms with Crippen molar-refractivity contribution >= 4 is 17.7 Å². The number of pyridine rings is 1. The van der Waals surface area contributed by atoms with Crippen LogP contribution in [-0.4, -0.2) is 52.2 Å². The second-order valence-corrected chi connectivity index (χ2v) is 5.96. The van der Waals surface area contributed by atoms with Gasteiger partial charge in [-0.05, 0) is 45.4 Å². The van der Waals surface area contributed by atoms with Gasteiger partial charge in [0.15, 0.2) is 0 Å². The Balaban J connectivity index is 1.78. The van der Waals surface area contributed by atoms with Crippen LogP contribution in [0.15, 0.2) is 12.1 Å². The number of hydrogen-bond acceptors (Lipinski definition) is 4. The van der Waals surface area contributed by atoms with Crippen molar-refractivity contribution in [3.05, 3.63) is 23.5 Å². The van der Waals surface area contributed by atoms with Gasteiger partial charge in [0.25, 0.3) is 0 Å². The first-order valence-electron chi connectivity index (χ1n) is 7.86. The largest absolute Gasteiger partial charge is 0.480 e. The van der Waals surface area contributed by atoms with Crippen LogP contribution in [0.25, 0.3) is 0 Å². The maximum Gasteiger partial charge on any atom is 0.319 e. The van der Waals surface area contributed by atoms with Crippen molar-refractivity contribution in [2.75, 3.05) is 18.4 Å². The van der Waals surface area contributed by atoms with Crippen molar-refractivity contribution in [3.63, 3.8) is 0 Å². The zero-order valence-electron chi connectivity index (χ0n) is 13.8. The second-order valence-electron chi connectivity index (χ2n) is 5.96. The van der Waals surface area contributed by atoms with Gasteiger partial charge in [0.05, 0.1) is 17.9 Å². The molecule has 7 nitrogen and oxygen atoms in total. The maximum absolute atomic E-state index is 12.0. The molecule has 1 aromatic heterocycles. The molecule has 1 fully saturated rings. The summed E-state index contributed by atoms with van der Waals surface area (Å²) in [6.45, 7) is 6.46. The first kappa shape index (κ1) is 17.2. The molecule has 1 saturated carbocycles. The first-order chi connectivity index (χ1) is 10.9. The van der Waals surface area contributed by atoms with E-state index in [1.165, 1.54) is 0 Å². The highest BCUT2D eigenvalue weighted by Gasteiger charge is 2.34. The van der Waals surface area contributed by atoms with Crippen LogP contribution in [0, 0.1) is 13.8 Å². The lowest BCUT2D eigenvalue weighted by molar-refractivity contribution is -0.139. The number of carbonyl (C=O) groups excluding carboxylic acids is 1. The SMILES string of the molecule is CCN(CC(=O)O)C1CC(NC(=O)Nc2ccc(C)nc2C)C1. The summed E-state index contributed by atoms with van der Waals surface area (Å²) in [5, 5.41) is 14.6. The molecule has 1 aliphatic carbocycles. The smallest absolute Gasteiger partial charge is 0.319 e. The number of nitrogens with zero attached hydrogens (tertiary/aromatic N) is 2. The quantitative estimate of drug-likeness (QED) is 0.742. The number of carboxylic acids is 1. The van der Waals surface area contributed by atoms with Crippen LogP contribution in [0.2, 0.25) is 0 Å². The zero-order valence-corrected chi connectivity index (χ0v) is 13.8. The molecule has 0 radical (unpaired) electrons. The number of nitrogens with one attached hydrogen (secondary N) is 2. The summed E-state index contributed by atoms with van der Waals surface area (Å²) in [6.07, 6.45) is 1.55. The molecule has 1 heterocycles. The van der Waals surface area contributed by atoms with Gasteiger partial charge in [0.1, 0.15) is 0 Å². The van der Waals surface area contributed by atoms with E-state index in [1.54, 1.807) is 0 Å². The van der Waals surface area contributed by atoms with E-state index in [4.69, 9.17) is 5.11 Å². The lowest BCUT2D eigenvalue weighted by Crippen LogP contribution is -2.55. The van der Waals surface area contributed by atoms with Crippen LogP contribution in [0.5, 0.6) is 0 Å². The van der Waals surface area contributed by atoms with E-state index >= 15 is 0 Å². The minimum absolute atomic E-state index is 0.0499. The number of anilines is 1. The number of urea groups is 1. The van der Waals surface area contributed by atoms with Crippen LogP contribution in [0.3, 0.4) is 0 Å². The summed E-state index contributed by atoms with van der Waals surface area (Å²) in [6, 6.07) is 3.76. The van der Waals surface area contributed by atoms with Crippen molar-refractivity contribution in [2.24, 2.45) is 0 Å². The van der Waals surface area contributed by atoms with Gasteiger partial charge in [0, 0.05) is 17.8 Å². The Kier molecular flexibility index (Phi) is 5.54. The molecule has 0 aliphatic heterocycles. The van der Waals surface area contributed by atoms with E-state index in [2.05, 4.69) is 15.6 Å². The van der Waals surface area contributed by atoms with E-state index in [0.29, 0.717) is 12.2 Å².